The lowest BCUT2D eigenvalue weighted by molar-refractivity contribution is -0.122. The van der Waals surface area contributed by atoms with Crippen molar-refractivity contribution < 1.29 is 4.79 Å². The van der Waals surface area contributed by atoms with E-state index in [0.717, 1.165) is 5.69 Å². The van der Waals surface area contributed by atoms with Gasteiger partial charge in [0.05, 0.1) is 5.54 Å². The molecule has 0 saturated carbocycles. The Bertz CT molecular complexity index is 327. The summed E-state index contributed by atoms with van der Waals surface area (Å²) in [4.78, 5) is 13.7. The van der Waals surface area contributed by atoms with E-state index >= 15 is 0 Å². The molecule has 0 unspecified atom stereocenters. The zero-order valence-electron chi connectivity index (χ0n) is 9.53. The van der Waals surface area contributed by atoms with Gasteiger partial charge in [0, 0.05) is 12.2 Å². The molecule has 0 fully saturated rings. The molecular weight excluding hydrogens is 188 g/mol. The van der Waals surface area contributed by atoms with Crippen LogP contribution >= 0.6 is 0 Å². The van der Waals surface area contributed by atoms with Crippen LogP contribution in [-0.4, -0.2) is 18.0 Å². The first kappa shape index (κ1) is 11.7. The number of hydrogen-bond acceptors (Lipinski definition) is 2. The Morgan fingerprint density at radius 1 is 1.33 bits per heavy atom. The number of carbonyl (C=O) groups excluding carboxylic acids is 1. The molecule has 2 N–H and O–H groups in total. The Morgan fingerprint density at radius 2 is 1.87 bits per heavy atom. The molecule has 0 aromatic heterocycles. The van der Waals surface area contributed by atoms with Gasteiger partial charge in [-0.2, -0.15) is 0 Å². The van der Waals surface area contributed by atoms with Gasteiger partial charge < -0.3 is 10.6 Å². The van der Waals surface area contributed by atoms with Gasteiger partial charge >= 0.3 is 0 Å². The second-order valence-electron chi connectivity index (χ2n) is 4.11. The second-order valence-corrected chi connectivity index (χ2v) is 4.11. The summed E-state index contributed by atoms with van der Waals surface area (Å²) in [5, 5.41) is 0. The molecule has 0 saturated heterocycles. The molecule has 0 aliphatic carbocycles. The van der Waals surface area contributed by atoms with Gasteiger partial charge in [0.2, 0.25) is 5.91 Å². The summed E-state index contributed by atoms with van der Waals surface area (Å²) in [5.41, 5.74) is 5.87. The number of nitrogens with two attached hydrogens (primary N) is 1. The molecule has 0 atom stereocenters. The molecule has 0 bridgehead atoms. The number of para-hydroxylation sites is 1. The number of benzene rings is 1. The fourth-order valence-electron chi connectivity index (χ4n) is 1.40. The van der Waals surface area contributed by atoms with E-state index in [9.17, 15) is 4.79 Å². The zero-order valence-corrected chi connectivity index (χ0v) is 9.53. The first-order valence-corrected chi connectivity index (χ1v) is 5.12. The minimum Gasteiger partial charge on any atom is -0.318 e. The van der Waals surface area contributed by atoms with Crippen LogP contribution in [0, 0.1) is 0 Å². The van der Waals surface area contributed by atoms with Crippen molar-refractivity contribution in [1.29, 1.82) is 0 Å². The van der Waals surface area contributed by atoms with Crippen LogP contribution in [0.3, 0.4) is 0 Å². The van der Waals surface area contributed by atoms with Crippen molar-refractivity contribution in [1.82, 2.24) is 0 Å². The highest BCUT2D eigenvalue weighted by molar-refractivity contribution is 5.99. The minimum absolute atomic E-state index is 0.0591. The van der Waals surface area contributed by atoms with Gasteiger partial charge in [-0.1, -0.05) is 18.2 Å². The van der Waals surface area contributed by atoms with Crippen LogP contribution in [0.2, 0.25) is 0 Å². The maximum absolute atomic E-state index is 12.0. The first-order valence-electron chi connectivity index (χ1n) is 5.12. The van der Waals surface area contributed by atoms with Gasteiger partial charge in [-0.15, -0.1) is 0 Å². The van der Waals surface area contributed by atoms with Crippen LogP contribution in [-0.2, 0) is 4.79 Å². The highest BCUT2D eigenvalue weighted by Gasteiger charge is 2.27. The van der Waals surface area contributed by atoms with Crippen molar-refractivity contribution in [3.05, 3.63) is 30.3 Å². The molecule has 0 aliphatic rings. The van der Waals surface area contributed by atoms with E-state index in [4.69, 9.17) is 5.73 Å². The van der Waals surface area contributed by atoms with Crippen molar-refractivity contribution in [2.24, 2.45) is 5.73 Å². The lowest BCUT2D eigenvalue weighted by atomic mass is 10.0. The molecule has 3 nitrogen and oxygen atoms in total. The maximum Gasteiger partial charge on any atom is 0.246 e. The van der Waals surface area contributed by atoms with Crippen molar-refractivity contribution >= 4 is 11.6 Å². The Balaban J connectivity index is 2.96. The topological polar surface area (TPSA) is 46.3 Å². The van der Waals surface area contributed by atoms with Crippen molar-refractivity contribution in [3.63, 3.8) is 0 Å². The van der Waals surface area contributed by atoms with Gasteiger partial charge in [-0.3, -0.25) is 4.79 Å². The third-order valence-electron chi connectivity index (χ3n) is 2.18. The SMILES string of the molecule is CCN(C(=O)C(C)(C)N)c1ccccc1. The number of carbonyl (C=O) groups is 1. The van der Waals surface area contributed by atoms with E-state index in [0.29, 0.717) is 6.54 Å². The fourth-order valence-corrected chi connectivity index (χ4v) is 1.40. The second kappa shape index (κ2) is 4.45. The van der Waals surface area contributed by atoms with Gasteiger partial charge in [0.15, 0.2) is 0 Å². The molecule has 0 aliphatic heterocycles. The number of rotatable bonds is 3. The Labute approximate surface area is 90.9 Å². The molecule has 3 heteroatoms. The number of hydrogen-bond donors (Lipinski definition) is 1. The average molecular weight is 206 g/mol. The number of likely N-dealkylation sites (N-methyl/N-ethyl adjacent to an activating group) is 1. The number of amides is 1. The molecule has 0 heterocycles. The van der Waals surface area contributed by atoms with E-state index in [1.165, 1.54) is 0 Å². The lowest BCUT2D eigenvalue weighted by Crippen LogP contribution is -2.51. The third kappa shape index (κ3) is 2.80. The minimum atomic E-state index is -0.828. The van der Waals surface area contributed by atoms with Crippen LogP contribution in [0.1, 0.15) is 20.8 Å². The zero-order chi connectivity index (χ0) is 11.5. The average Bonchev–Trinajstić information content (AvgIpc) is 2.19. The smallest absolute Gasteiger partial charge is 0.246 e. The highest BCUT2D eigenvalue weighted by atomic mass is 16.2. The molecule has 1 aromatic rings. The largest absolute Gasteiger partial charge is 0.318 e. The first-order chi connectivity index (χ1) is 6.96. The van der Waals surface area contributed by atoms with E-state index < -0.39 is 5.54 Å². The van der Waals surface area contributed by atoms with Gasteiger partial charge in [-0.05, 0) is 32.9 Å². The number of anilines is 1. The summed E-state index contributed by atoms with van der Waals surface area (Å²) in [6, 6.07) is 9.57. The summed E-state index contributed by atoms with van der Waals surface area (Å²) in [7, 11) is 0. The molecule has 0 spiro atoms. The Morgan fingerprint density at radius 3 is 2.27 bits per heavy atom. The summed E-state index contributed by atoms with van der Waals surface area (Å²) in [6.07, 6.45) is 0. The van der Waals surface area contributed by atoms with Crippen LogP contribution in [0.25, 0.3) is 0 Å². The van der Waals surface area contributed by atoms with Crippen LogP contribution in [0.15, 0.2) is 30.3 Å². The predicted octanol–water partition coefficient (Wildman–Crippen LogP) is 1.78. The Hall–Kier alpha value is -1.35. The quantitative estimate of drug-likeness (QED) is 0.819. The molecular formula is C12H18N2O. The van der Waals surface area contributed by atoms with Gasteiger partial charge in [0.1, 0.15) is 0 Å². The molecule has 82 valence electrons. The van der Waals surface area contributed by atoms with Gasteiger partial charge in [0.25, 0.3) is 0 Å². The van der Waals surface area contributed by atoms with E-state index in [1.807, 2.05) is 37.3 Å². The van der Waals surface area contributed by atoms with E-state index in [-0.39, 0.29) is 5.91 Å². The van der Waals surface area contributed by atoms with Crippen LogP contribution in [0.4, 0.5) is 5.69 Å². The van der Waals surface area contributed by atoms with E-state index in [2.05, 4.69) is 0 Å². The predicted molar refractivity (Wildman–Crippen MR) is 62.7 cm³/mol. The van der Waals surface area contributed by atoms with Gasteiger partial charge in [-0.25, -0.2) is 0 Å². The normalized spacial score (nSPS) is 11.2. The van der Waals surface area contributed by atoms with E-state index in [1.54, 1.807) is 18.7 Å². The molecule has 15 heavy (non-hydrogen) atoms. The highest BCUT2D eigenvalue weighted by Crippen LogP contribution is 2.16. The summed E-state index contributed by atoms with van der Waals surface area (Å²) >= 11 is 0. The summed E-state index contributed by atoms with van der Waals surface area (Å²) in [6.45, 7) is 6.02. The molecule has 1 aromatic carbocycles. The Kier molecular flexibility index (Phi) is 3.48. The standard InChI is InChI=1S/C12H18N2O/c1-4-14(11(15)12(2,3)13)10-8-6-5-7-9-10/h5-9H,4,13H2,1-3H3. The third-order valence-corrected chi connectivity index (χ3v) is 2.18. The molecule has 1 rings (SSSR count). The van der Waals surface area contributed by atoms with Crippen LogP contribution < -0.4 is 10.6 Å². The monoisotopic (exact) mass is 206 g/mol. The van der Waals surface area contributed by atoms with Crippen LogP contribution in [0.5, 0.6) is 0 Å². The lowest BCUT2D eigenvalue weighted by Gasteiger charge is -2.28. The fraction of sp³-hybridized carbons (Fsp3) is 0.417. The van der Waals surface area contributed by atoms with Crippen molar-refractivity contribution in [2.75, 3.05) is 11.4 Å². The number of nitrogens with zero attached hydrogens (tertiary/aromatic N) is 1. The van der Waals surface area contributed by atoms with Crippen molar-refractivity contribution in [2.45, 2.75) is 26.3 Å². The molecule has 1 amide bonds. The molecule has 0 radical (unpaired) electrons. The maximum atomic E-state index is 12.0. The summed E-state index contributed by atoms with van der Waals surface area (Å²) in [5.74, 6) is -0.0591. The van der Waals surface area contributed by atoms with Crippen molar-refractivity contribution in [3.8, 4) is 0 Å². The summed E-state index contributed by atoms with van der Waals surface area (Å²) < 4.78 is 0.